The summed E-state index contributed by atoms with van der Waals surface area (Å²) in [6, 6.07) is 6.18. The molecule has 2 rings (SSSR count). The fourth-order valence-electron chi connectivity index (χ4n) is 2.47. The molecule has 3 heteroatoms. The molecular weight excluding hydrogens is 232 g/mol. The van der Waals surface area contributed by atoms with E-state index in [0.717, 1.165) is 30.5 Å². The minimum atomic E-state index is 0.678. The SMILES string of the molecule is CC1CCN(c2ccc(Cl)cc2CCN)CC1. The van der Waals surface area contributed by atoms with Crippen LogP contribution in [0.3, 0.4) is 0 Å². The van der Waals surface area contributed by atoms with E-state index in [0.29, 0.717) is 6.54 Å². The van der Waals surface area contributed by atoms with Crippen LogP contribution in [0, 0.1) is 5.92 Å². The number of rotatable bonds is 3. The van der Waals surface area contributed by atoms with Crippen LogP contribution in [0.5, 0.6) is 0 Å². The molecular formula is C14H21ClN2. The van der Waals surface area contributed by atoms with Gasteiger partial charge in [0.15, 0.2) is 0 Å². The van der Waals surface area contributed by atoms with E-state index in [9.17, 15) is 0 Å². The van der Waals surface area contributed by atoms with Gasteiger partial charge >= 0.3 is 0 Å². The van der Waals surface area contributed by atoms with E-state index >= 15 is 0 Å². The molecule has 1 saturated heterocycles. The van der Waals surface area contributed by atoms with Crippen molar-refractivity contribution in [1.29, 1.82) is 0 Å². The molecule has 0 aliphatic carbocycles. The Morgan fingerprint density at radius 3 is 2.71 bits per heavy atom. The lowest BCUT2D eigenvalue weighted by molar-refractivity contribution is 0.438. The van der Waals surface area contributed by atoms with Crippen LogP contribution >= 0.6 is 11.6 Å². The summed E-state index contributed by atoms with van der Waals surface area (Å²) in [5.74, 6) is 0.858. The molecule has 1 fully saturated rings. The molecule has 0 amide bonds. The number of halogens is 1. The van der Waals surface area contributed by atoms with Crippen LogP contribution in [-0.4, -0.2) is 19.6 Å². The second-order valence-corrected chi connectivity index (χ2v) is 5.42. The van der Waals surface area contributed by atoms with Gasteiger partial charge in [-0.3, -0.25) is 0 Å². The molecule has 94 valence electrons. The molecule has 2 N–H and O–H groups in total. The van der Waals surface area contributed by atoms with Gasteiger partial charge in [0, 0.05) is 23.8 Å². The highest BCUT2D eigenvalue weighted by atomic mass is 35.5. The zero-order valence-electron chi connectivity index (χ0n) is 10.5. The Hall–Kier alpha value is -0.730. The highest BCUT2D eigenvalue weighted by Gasteiger charge is 2.18. The number of anilines is 1. The fraction of sp³-hybridized carbons (Fsp3) is 0.571. The second-order valence-electron chi connectivity index (χ2n) is 4.98. The van der Waals surface area contributed by atoms with Gasteiger partial charge in [0.1, 0.15) is 0 Å². The van der Waals surface area contributed by atoms with E-state index in [-0.39, 0.29) is 0 Å². The Labute approximate surface area is 109 Å². The maximum absolute atomic E-state index is 6.06. The van der Waals surface area contributed by atoms with E-state index in [1.165, 1.54) is 24.1 Å². The average molecular weight is 253 g/mol. The first-order chi connectivity index (χ1) is 8.20. The summed E-state index contributed by atoms with van der Waals surface area (Å²) in [4.78, 5) is 2.47. The molecule has 1 aliphatic heterocycles. The first-order valence-electron chi connectivity index (χ1n) is 6.44. The molecule has 17 heavy (non-hydrogen) atoms. The van der Waals surface area contributed by atoms with Crippen LogP contribution in [0.1, 0.15) is 25.3 Å². The lowest BCUT2D eigenvalue weighted by atomic mass is 9.97. The fourth-order valence-corrected chi connectivity index (χ4v) is 2.66. The van der Waals surface area contributed by atoms with Gasteiger partial charge in [-0.1, -0.05) is 18.5 Å². The Bertz CT molecular complexity index is 370. The Kier molecular flexibility index (Phi) is 4.30. The van der Waals surface area contributed by atoms with E-state index in [4.69, 9.17) is 17.3 Å². The van der Waals surface area contributed by atoms with E-state index in [1.54, 1.807) is 0 Å². The number of hydrogen-bond donors (Lipinski definition) is 1. The maximum atomic E-state index is 6.06. The van der Waals surface area contributed by atoms with Crippen molar-refractivity contribution in [3.05, 3.63) is 28.8 Å². The van der Waals surface area contributed by atoms with Crippen LogP contribution in [0.4, 0.5) is 5.69 Å². The second kappa shape index (κ2) is 5.74. The van der Waals surface area contributed by atoms with Crippen molar-refractivity contribution in [3.8, 4) is 0 Å². The minimum Gasteiger partial charge on any atom is -0.371 e. The Balaban J connectivity index is 2.18. The predicted octanol–water partition coefficient (Wildman–Crippen LogP) is 3.08. The number of benzene rings is 1. The van der Waals surface area contributed by atoms with Crippen LogP contribution in [0.2, 0.25) is 5.02 Å². The molecule has 1 heterocycles. The molecule has 0 saturated carbocycles. The van der Waals surface area contributed by atoms with Crippen molar-refractivity contribution < 1.29 is 0 Å². The summed E-state index contributed by atoms with van der Waals surface area (Å²) in [6.07, 6.45) is 3.47. The standard InChI is InChI=1S/C14H21ClN2/c1-11-5-8-17(9-6-11)14-3-2-13(15)10-12(14)4-7-16/h2-3,10-11H,4-9,16H2,1H3. The van der Waals surface area contributed by atoms with Gasteiger partial charge in [0.05, 0.1) is 0 Å². The molecule has 0 radical (unpaired) electrons. The molecule has 0 bridgehead atoms. The van der Waals surface area contributed by atoms with Crippen LogP contribution < -0.4 is 10.6 Å². The normalized spacial score (nSPS) is 17.5. The molecule has 0 spiro atoms. The third kappa shape index (κ3) is 3.14. The Morgan fingerprint density at radius 2 is 2.06 bits per heavy atom. The van der Waals surface area contributed by atoms with Crippen molar-refractivity contribution >= 4 is 17.3 Å². The summed E-state index contributed by atoms with van der Waals surface area (Å²) >= 11 is 6.06. The van der Waals surface area contributed by atoms with Crippen molar-refractivity contribution in [2.45, 2.75) is 26.2 Å². The maximum Gasteiger partial charge on any atom is 0.0410 e. The molecule has 1 aromatic carbocycles. The van der Waals surface area contributed by atoms with Gasteiger partial charge in [0.2, 0.25) is 0 Å². The molecule has 0 aromatic heterocycles. The summed E-state index contributed by atoms with van der Waals surface area (Å²) in [6.45, 7) is 5.32. The van der Waals surface area contributed by atoms with Gasteiger partial charge in [-0.25, -0.2) is 0 Å². The van der Waals surface area contributed by atoms with Crippen molar-refractivity contribution in [2.75, 3.05) is 24.5 Å². The van der Waals surface area contributed by atoms with E-state index in [1.807, 2.05) is 6.07 Å². The van der Waals surface area contributed by atoms with Crippen molar-refractivity contribution in [2.24, 2.45) is 11.7 Å². The predicted molar refractivity (Wildman–Crippen MR) is 74.8 cm³/mol. The zero-order chi connectivity index (χ0) is 12.3. The number of nitrogens with two attached hydrogens (primary N) is 1. The number of hydrogen-bond acceptors (Lipinski definition) is 2. The first-order valence-corrected chi connectivity index (χ1v) is 6.82. The molecule has 2 nitrogen and oxygen atoms in total. The first kappa shape index (κ1) is 12.7. The monoisotopic (exact) mass is 252 g/mol. The zero-order valence-corrected chi connectivity index (χ0v) is 11.2. The topological polar surface area (TPSA) is 29.3 Å². The van der Waals surface area contributed by atoms with Gasteiger partial charge in [-0.05, 0) is 55.5 Å². The quantitative estimate of drug-likeness (QED) is 0.896. The highest BCUT2D eigenvalue weighted by Crippen LogP contribution is 2.28. The summed E-state index contributed by atoms with van der Waals surface area (Å²) < 4.78 is 0. The van der Waals surface area contributed by atoms with E-state index < -0.39 is 0 Å². The van der Waals surface area contributed by atoms with Crippen molar-refractivity contribution in [1.82, 2.24) is 0 Å². The third-order valence-electron chi connectivity index (χ3n) is 3.58. The Morgan fingerprint density at radius 1 is 1.35 bits per heavy atom. The van der Waals surface area contributed by atoms with Crippen molar-refractivity contribution in [3.63, 3.8) is 0 Å². The molecule has 1 aliphatic rings. The van der Waals surface area contributed by atoms with Gasteiger partial charge in [0.25, 0.3) is 0 Å². The van der Waals surface area contributed by atoms with E-state index in [2.05, 4.69) is 24.0 Å². The molecule has 1 aromatic rings. The van der Waals surface area contributed by atoms with Gasteiger partial charge in [-0.2, -0.15) is 0 Å². The lowest BCUT2D eigenvalue weighted by Gasteiger charge is -2.33. The van der Waals surface area contributed by atoms with Gasteiger partial charge < -0.3 is 10.6 Å². The number of nitrogens with zero attached hydrogens (tertiary/aromatic N) is 1. The lowest BCUT2D eigenvalue weighted by Crippen LogP contribution is -2.33. The number of piperidine rings is 1. The summed E-state index contributed by atoms with van der Waals surface area (Å²) in [5.41, 5.74) is 8.28. The minimum absolute atomic E-state index is 0.678. The molecule has 0 atom stereocenters. The van der Waals surface area contributed by atoms with Crippen LogP contribution in [-0.2, 0) is 6.42 Å². The molecule has 0 unspecified atom stereocenters. The highest BCUT2D eigenvalue weighted by molar-refractivity contribution is 6.30. The van der Waals surface area contributed by atoms with Crippen LogP contribution in [0.15, 0.2) is 18.2 Å². The largest absolute Gasteiger partial charge is 0.371 e. The smallest absolute Gasteiger partial charge is 0.0410 e. The summed E-state index contributed by atoms with van der Waals surface area (Å²) in [5, 5.41) is 0.808. The van der Waals surface area contributed by atoms with Crippen LogP contribution in [0.25, 0.3) is 0 Å². The third-order valence-corrected chi connectivity index (χ3v) is 3.81. The average Bonchev–Trinajstić information content (AvgIpc) is 2.31. The summed E-state index contributed by atoms with van der Waals surface area (Å²) in [7, 11) is 0. The van der Waals surface area contributed by atoms with Gasteiger partial charge in [-0.15, -0.1) is 0 Å².